The molecule has 4 aromatic rings. The van der Waals surface area contributed by atoms with Gasteiger partial charge in [0.05, 0.1) is 5.69 Å². The lowest BCUT2D eigenvalue weighted by Gasteiger charge is -2.35. The number of aromatic hydroxyl groups is 1. The number of anilines is 1. The SMILES string of the molecule is CC(C)(C)OC(=O)NCc1cccc(-n2nc(C(F)(F)F)cc2C(=O)Nc2cccc(C(COC(N)=O)(Cc3ccccc3O)C3CC3)c2)c1. The van der Waals surface area contributed by atoms with Crippen LogP contribution in [0.5, 0.6) is 5.75 Å². The fourth-order valence-electron chi connectivity index (χ4n) is 5.84. The van der Waals surface area contributed by atoms with Crippen molar-refractivity contribution in [2.45, 2.75) is 63.8 Å². The third-order valence-corrected chi connectivity index (χ3v) is 8.25. The maximum Gasteiger partial charge on any atom is 0.435 e. The quantitative estimate of drug-likeness (QED) is 0.134. The Bertz CT molecular complexity index is 1880. The maximum absolute atomic E-state index is 13.9. The number of carbonyl (C=O) groups excluding carboxylic acids is 3. The highest BCUT2D eigenvalue weighted by Crippen LogP contribution is 2.50. The minimum absolute atomic E-state index is 0.00738. The number of phenolic OH excluding ortho intramolecular Hbond substituents is 1. The van der Waals surface area contributed by atoms with E-state index in [0.717, 1.165) is 17.5 Å². The Hall–Kier alpha value is -5.53. The van der Waals surface area contributed by atoms with Gasteiger partial charge in [-0.05, 0) is 93.0 Å². The molecule has 1 unspecified atom stereocenters. The molecule has 1 atom stereocenters. The van der Waals surface area contributed by atoms with Gasteiger partial charge in [-0.3, -0.25) is 4.79 Å². The summed E-state index contributed by atoms with van der Waals surface area (Å²) in [5.74, 6) is -0.742. The first-order chi connectivity index (χ1) is 23.5. The number of benzene rings is 3. The van der Waals surface area contributed by atoms with Crippen molar-refractivity contribution in [3.05, 3.63) is 107 Å². The Morgan fingerprint density at radius 2 is 1.70 bits per heavy atom. The summed E-state index contributed by atoms with van der Waals surface area (Å²) in [4.78, 5) is 37.6. The first-order valence-corrected chi connectivity index (χ1v) is 15.9. The molecule has 0 radical (unpaired) electrons. The molecule has 0 spiro atoms. The standard InChI is InChI=1S/C36H38F3N5O6/c1-34(2,3)50-33(48)41-20-22-8-6-12-27(16-22)44-28(18-30(43-44)36(37,38)39)31(46)42-26-11-7-10-25(17-26)35(24-14-15-24,21-49-32(40)47)19-23-9-4-5-13-29(23)45/h4-13,16-18,24,45H,14-15,19-21H2,1-3H3,(H2,40,47)(H,41,48)(H,42,46). The lowest BCUT2D eigenvalue weighted by molar-refractivity contribution is -0.141. The van der Waals surface area contributed by atoms with Crippen molar-refractivity contribution in [1.82, 2.24) is 15.1 Å². The van der Waals surface area contributed by atoms with Crippen molar-refractivity contribution in [3.8, 4) is 11.4 Å². The van der Waals surface area contributed by atoms with Gasteiger partial charge < -0.3 is 30.9 Å². The molecule has 5 N–H and O–H groups in total. The van der Waals surface area contributed by atoms with E-state index in [1.54, 1.807) is 81.4 Å². The van der Waals surface area contributed by atoms with Crippen molar-refractivity contribution in [2.75, 3.05) is 11.9 Å². The second-order valence-electron chi connectivity index (χ2n) is 13.2. The monoisotopic (exact) mass is 693 g/mol. The molecule has 11 nitrogen and oxygen atoms in total. The smallest absolute Gasteiger partial charge is 0.435 e. The number of rotatable bonds is 11. The molecule has 1 aromatic heterocycles. The van der Waals surface area contributed by atoms with Gasteiger partial charge in [-0.15, -0.1) is 0 Å². The fraction of sp³-hybridized carbons (Fsp3) is 0.333. The van der Waals surface area contributed by atoms with E-state index in [0.29, 0.717) is 22.8 Å². The first-order valence-electron chi connectivity index (χ1n) is 15.9. The van der Waals surface area contributed by atoms with Crippen molar-refractivity contribution < 1.29 is 42.1 Å². The van der Waals surface area contributed by atoms with Gasteiger partial charge in [-0.2, -0.15) is 18.3 Å². The van der Waals surface area contributed by atoms with Gasteiger partial charge in [0.15, 0.2) is 5.69 Å². The maximum atomic E-state index is 13.9. The van der Waals surface area contributed by atoms with E-state index in [1.165, 1.54) is 12.1 Å². The van der Waals surface area contributed by atoms with E-state index in [4.69, 9.17) is 15.2 Å². The summed E-state index contributed by atoms with van der Waals surface area (Å²) in [5.41, 5.74) is 4.39. The summed E-state index contributed by atoms with van der Waals surface area (Å²) >= 11 is 0. The molecule has 1 saturated carbocycles. The van der Waals surface area contributed by atoms with E-state index in [1.807, 2.05) is 0 Å². The number of primary amides is 1. The molecule has 1 fully saturated rings. The number of carbonyl (C=O) groups is 3. The van der Waals surface area contributed by atoms with Crippen LogP contribution in [0.1, 0.15) is 66.5 Å². The Labute approximate surface area is 286 Å². The van der Waals surface area contributed by atoms with Crippen molar-refractivity contribution in [3.63, 3.8) is 0 Å². The molecule has 0 aliphatic heterocycles. The van der Waals surface area contributed by atoms with Crippen LogP contribution in [0.2, 0.25) is 0 Å². The number of alkyl halides is 3. The zero-order valence-corrected chi connectivity index (χ0v) is 27.7. The second kappa shape index (κ2) is 14.1. The minimum Gasteiger partial charge on any atom is -0.508 e. The molecule has 264 valence electrons. The van der Waals surface area contributed by atoms with Crippen LogP contribution in [0.25, 0.3) is 5.69 Å². The molecule has 3 aromatic carbocycles. The number of nitrogens with zero attached hydrogens (tertiary/aromatic N) is 2. The zero-order chi connectivity index (χ0) is 36.3. The third kappa shape index (κ3) is 8.73. The topological polar surface area (TPSA) is 158 Å². The van der Waals surface area contributed by atoms with Crippen LogP contribution in [0.3, 0.4) is 0 Å². The number of phenols is 1. The molecule has 0 saturated heterocycles. The van der Waals surface area contributed by atoms with Crippen LogP contribution in [-0.2, 0) is 34.0 Å². The summed E-state index contributed by atoms with van der Waals surface area (Å²) < 4.78 is 53.1. The normalized spacial score (nSPS) is 14.4. The molecule has 50 heavy (non-hydrogen) atoms. The number of hydrogen-bond donors (Lipinski definition) is 4. The number of aromatic nitrogens is 2. The molecular weight excluding hydrogens is 655 g/mol. The molecule has 5 rings (SSSR count). The van der Waals surface area contributed by atoms with Crippen molar-refractivity contribution >= 4 is 23.8 Å². The number of para-hydroxylation sites is 1. The van der Waals surface area contributed by atoms with Gasteiger partial charge >= 0.3 is 18.4 Å². The van der Waals surface area contributed by atoms with Crippen molar-refractivity contribution in [2.24, 2.45) is 11.7 Å². The van der Waals surface area contributed by atoms with Gasteiger partial charge in [-0.25, -0.2) is 14.3 Å². The Morgan fingerprint density at radius 1 is 0.980 bits per heavy atom. The highest BCUT2D eigenvalue weighted by Gasteiger charge is 2.48. The average Bonchev–Trinajstić information content (AvgIpc) is 3.79. The first kappa shape index (κ1) is 35.8. The molecule has 3 amide bonds. The van der Waals surface area contributed by atoms with Crippen LogP contribution in [-0.4, -0.2) is 45.2 Å². The Balaban J connectivity index is 1.45. The average molecular weight is 694 g/mol. The van der Waals surface area contributed by atoms with Crippen LogP contribution in [0, 0.1) is 5.92 Å². The van der Waals surface area contributed by atoms with Crippen molar-refractivity contribution in [1.29, 1.82) is 0 Å². The van der Waals surface area contributed by atoms with Gasteiger partial charge in [0.2, 0.25) is 0 Å². The summed E-state index contributed by atoms with van der Waals surface area (Å²) in [5, 5.41) is 19.6. The highest BCUT2D eigenvalue weighted by atomic mass is 19.4. The summed E-state index contributed by atoms with van der Waals surface area (Å²) in [7, 11) is 0. The number of nitrogens with two attached hydrogens (primary N) is 1. The van der Waals surface area contributed by atoms with E-state index in [2.05, 4.69) is 15.7 Å². The molecule has 1 aliphatic carbocycles. The van der Waals surface area contributed by atoms with Crippen LogP contribution >= 0.6 is 0 Å². The van der Waals surface area contributed by atoms with Gasteiger partial charge in [0, 0.05) is 23.7 Å². The van der Waals surface area contributed by atoms with Gasteiger partial charge in [0.25, 0.3) is 5.91 Å². The summed E-state index contributed by atoms with van der Waals surface area (Å²) in [6, 6.07) is 20.4. The Kier molecular flexibility index (Phi) is 10.1. The van der Waals surface area contributed by atoms with E-state index >= 15 is 0 Å². The molecular formula is C36H38F3N5O6. The highest BCUT2D eigenvalue weighted by molar-refractivity contribution is 6.03. The van der Waals surface area contributed by atoms with Gasteiger partial charge in [-0.1, -0.05) is 42.5 Å². The lowest BCUT2D eigenvalue weighted by Crippen LogP contribution is -2.39. The van der Waals surface area contributed by atoms with E-state index in [-0.39, 0.29) is 48.3 Å². The number of alkyl carbamates (subject to hydrolysis) is 1. The number of ether oxygens (including phenoxy) is 2. The zero-order valence-electron chi connectivity index (χ0n) is 27.7. The predicted molar refractivity (Wildman–Crippen MR) is 178 cm³/mol. The molecule has 1 heterocycles. The number of amides is 3. The third-order valence-electron chi connectivity index (χ3n) is 8.25. The molecule has 0 bridgehead atoms. The summed E-state index contributed by atoms with van der Waals surface area (Å²) in [6.45, 7) is 5.05. The van der Waals surface area contributed by atoms with Crippen LogP contribution in [0.4, 0.5) is 28.4 Å². The molecule has 1 aliphatic rings. The molecule has 14 heteroatoms. The largest absolute Gasteiger partial charge is 0.508 e. The minimum atomic E-state index is -4.84. The number of hydrogen-bond acceptors (Lipinski definition) is 7. The van der Waals surface area contributed by atoms with Gasteiger partial charge in [0.1, 0.15) is 23.7 Å². The van der Waals surface area contributed by atoms with E-state index in [9.17, 15) is 32.7 Å². The number of nitrogens with one attached hydrogen (secondary N) is 2. The Morgan fingerprint density at radius 3 is 2.36 bits per heavy atom. The lowest BCUT2D eigenvalue weighted by atomic mass is 9.72. The van der Waals surface area contributed by atoms with Crippen LogP contribution in [0.15, 0.2) is 78.9 Å². The van der Waals surface area contributed by atoms with E-state index < -0.39 is 41.0 Å². The van der Waals surface area contributed by atoms with Crippen LogP contribution < -0.4 is 16.4 Å². The fourth-order valence-corrected chi connectivity index (χ4v) is 5.84. The summed E-state index contributed by atoms with van der Waals surface area (Å²) in [6.07, 6.45) is -4.55. The second-order valence-corrected chi connectivity index (χ2v) is 13.2. The predicted octanol–water partition coefficient (Wildman–Crippen LogP) is 6.86. The number of halogens is 3.